The van der Waals surface area contributed by atoms with Gasteiger partial charge in [-0.2, -0.15) is 0 Å². The van der Waals surface area contributed by atoms with Gasteiger partial charge >= 0.3 is 11.8 Å². The number of nitrogens with one attached hydrogen (secondary N) is 2. The van der Waals surface area contributed by atoms with Crippen LogP contribution < -0.4 is 10.6 Å². The third-order valence-electron chi connectivity index (χ3n) is 4.49. The molecule has 1 fully saturated rings. The van der Waals surface area contributed by atoms with Gasteiger partial charge in [-0.3, -0.25) is 9.59 Å². The fourth-order valence-corrected chi connectivity index (χ4v) is 2.83. The summed E-state index contributed by atoms with van der Waals surface area (Å²) in [4.78, 5) is 24.1. The summed E-state index contributed by atoms with van der Waals surface area (Å²) in [5, 5.41) is 5.58. The van der Waals surface area contributed by atoms with E-state index in [1.807, 2.05) is 32.0 Å². The van der Waals surface area contributed by atoms with Crippen molar-refractivity contribution >= 4 is 17.5 Å². The molecule has 1 aliphatic carbocycles. The van der Waals surface area contributed by atoms with Crippen LogP contribution in [0, 0.1) is 19.8 Å². The van der Waals surface area contributed by atoms with E-state index in [9.17, 15) is 9.59 Å². The normalized spacial score (nSPS) is 21.7. The van der Waals surface area contributed by atoms with Crippen molar-refractivity contribution in [2.45, 2.75) is 52.5 Å². The van der Waals surface area contributed by atoms with E-state index in [4.69, 9.17) is 0 Å². The lowest BCUT2D eigenvalue weighted by Crippen LogP contribution is -2.45. The molecule has 0 aliphatic heterocycles. The quantitative estimate of drug-likeness (QED) is 0.822. The van der Waals surface area contributed by atoms with Gasteiger partial charge < -0.3 is 10.6 Å². The van der Waals surface area contributed by atoms with Crippen LogP contribution in [0.15, 0.2) is 18.2 Å². The Balaban J connectivity index is 1.96. The Labute approximate surface area is 126 Å². The predicted octanol–water partition coefficient (Wildman–Crippen LogP) is 2.94. The van der Waals surface area contributed by atoms with Crippen LogP contribution in [0.1, 0.15) is 43.7 Å². The standard InChI is InChI=1S/C17H24N2O2/c1-11-8-6-10-15(13(11)3)19-17(21)16(20)18-14-9-5-4-7-12(14)2/h6,8,10,12,14H,4-5,7,9H2,1-3H3,(H,18,20)(H,19,21)/t12-,14+/m0/s1. The van der Waals surface area contributed by atoms with Crippen LogP contribution in [0.25, 0.3) is 0 Å². The molecule has 2 amide bonds. The Kier molecular flexibility index (Phi) is 4.99. The van der Waals surface area contributed by atoms with Crippen molar-refractivity contribution in [3.05, 3.63) is 29.3 Å². The average molecular weight is 288 g/mol. The van der Waals surface area contributed by atoms with Crippen LogP contribution in [0.2, 0.25) is 0 Å². The Morgan fingerprint density at radius 1 is 1.10 bits per heavy atom. The minimum absolute atomic E-state index is 0.121. The Morgan fingerprint density at radius 3 is 2.52 bits per heavy atom. The number of carbonyl (C=O) groups is 2. The molecular formula is C17H24N2O2. The molecule has 0 spiro atoms. The van der Waals surface area contributed by atoms with E-state index in [0.29, 0.717) is 11.6 Å². The maximum absolute atomic E-state index is 12.0. The van der Waals surface area contributed by atoms with Gasteiger partial charge in [0.05, 0.1) is 0 Å². The summed E-state index contributed by atoms with van der Waals surface area (Å²) in [5.41, 5.74) is 2.78. The van der Waals surface area contributed by atoms with Gasteiger partial charge in [0.25, 0.3) is 0 Å². The number of benzene rings is 1. The second-order valence-corrected chi connectivity index (χ2v) is 6.04. The summed E-state index contributed by atoms with van der Waals surface area (Å²) in [6, 6.07) is 5.79. The second-order valence-electron chi connectivity index (χ2n) is 6.04. The molecule has 1 saturated carbocycles. The van der Waals surface area contributed by atoms with Crippen LogP contribution in [0.4, 0.5) is 5.69 Å². The molecule has 0 radical (unpaired) electrons. The van der Waals surface area contributed by atoms with Gasteiger partial charge in [-0.1, -0.05) is 31.9 Å². The minimum Gasteiger partial charge on any atom is -0.345 e. The fraction of sp³-hybridized carbons (Fsp3) is 0.529. The van der Waals surface area contributed by atoms with Gasteiger partial charge in [-0.15, -0.1) is 0 Å². The summed E-state index contributed by atoms with van der Waals surface area (Å²) in [6.45, 7) is 6.05. The molecule has 0 unspecified atom stereocenters. The zero-order valence-corrected chi connectivity index (χ0v) is 13.0. The Bertz CT molecular complexity index is 540. The van der Waals surface area contributed by atoms with E-state index in [1.165, 1.54) is 6.42 Å². The van der Waals surface area contributed by atoms with Gasteiger partial charge in [0.2, 0.25) is 0 Å². The highest BCUT2D eigenvalue weighted by molar-refractivity contribution is 6.39. The first kappa shape index (κ1) is 15.5. The highest BCUT2D eigenvalue weighted by atomic mass is 16.2. The van der Waals surface area contributed by atoms with Crippen LogP contribution in [0.5, 0.6) is 0 Å². The lowest BCUT2D eigenvalue weighted by molar-refractivity contribution is -0.137. The van der Waals surface area contributed by atoms with Gasteiger partial charge in [-0.25, -0.2) is 0 Å². The van der Waals surface area contributed by atoms with Crippen LogP contribution in [0.3, 0.4) is 0 Å². The van der Waals surface area contributed by atoms with Crippen molar-refractivity contribution in [3.8, 4) is 0 Å². The minimum atomic E-state index is -0.582. The first-order valence-electron chi connectivity index (χ1n) is 7.67. The highest BCUT2D eigenvalue weighted by Gasteiger charge is 2.25. The van der Waals surface area contributed by atoms with Gasteiger partial charge in [0.15, 0.2) is 0 Å². The molecule has 21 heavy (non-hydrogen) atoms. The Hall–Kier alpha value is -1.84. The summed E-state index contributed by atoms with van der Waals surface area (Å²) in [7, 11) is 0. The largest absolute Gasteiger partial charge is 0.345 e. The van der Waals surface area contributed by atoms with E-state index in [-0.39, 0.29) is 6.04 Å². The smallest absolute Gasteiger partial charge is 0.313 e. The van der Waals surface area contributed by atoms with E-state index in [2.05, 4.69) is 17.6 Å². The SMILES string of the molecule is Cc1cccc(NC(=O)C(=O)N[C@@H]2CCCC[C@@H]2C)c1C. The number of hydrogen-bond acceptors (Lipinski definition) is 2. The number of anilines is 1. The van der Waals surface area contributed by atoms with Gasteiger partial charge in [-0.05, 0) is 49.8 Å². The zero-order chi connectivity index (χ0) is 15.4. The third-order valence-corrected chi connectivity index (χ3v) is 4.49. The van der Waals surface area contributed by atoms with Crippen molar-refractivity contribution in [1.29, 1.82) is 0 Å². The van der Waals surface area contributed by atoms with Gasteiger partial charge in [0.1, 0.15) is 0 Å². The van der Waals surface area contributed by atoms with Gasteiger partial charge in [0, 0.05) is 11.7 Å². The third kappa shape index (κ3) is 3.84. The topological polar surface area (TPSA) is 58.2 Å². The lowest BCUT2D eigenvalue weighted by Gasteiger charge is -2.29. The summed E-state index contributed by atoms with van der Waals surface area (Å²) in [5.74, 6) is -0.674. The molecule has 1 aromatic rings. The molecule has 2 rings (SSSR count). The molecule has 4 nitrogen and oxygen atoms in total. The molecule has 0 heterocycles. The molecule has 1 aliphatic rings. The molecule has 1 aromatic carbocycles. The van der Waals surface area contributed by atoms with E-state index in [1.54, 1.807) is 0 Å². The van der Waals surface area contributed by atoms with Crippen molar-refractivity contribution in [2.24, 2.45) is 5.92 Å². The highest BCUT2D eigenvalue weighted by Crippen LogP contribution is 2.23. The van der Waals surface area contributed by atoms with Crippen LogP contribution in [-0.4, -0.2) is 17.9 Å². The van der Waals surface area contributed by atoms with Crippen molar-refractivity contribution in [1.82, 2.24) is 5.32 Å². The number of rotatable bonds is 2. The molecule has 0 saturated heterocycles. The molecular weight excluding hydrogens is 264 g/mol. The molecule has 4 heteroatoms. The molecule has 0 bridgehead atoms. The number of hydrogen-bond donors (Lipinski definition) is 2. The molecule has 114 valence electrons. The summed E-state index contributed by atoms with van der Waals surface area (Å²) < 4.78 is 0. The van der Waals surface area contributed by atoms with Crippen molar-refractivity contribution in [3.63, 3.8) is 0 Å². The molecule has 2 atom stereocenters. The maximum atomic E-state index is 12.0. The fourth-order valence-electron chi connectivity index (χ4n) is 2.83. The number of amides is 2. The number of carbonyl (C=O) groups excluding carboxylic acids is 2. The van der Waals surface area contributed by atoms with Crippen LogP contribution in [-0.2, 0) is 9.59 Å². The monoisotopic (exact) mass is 288 g/mol. The summed E-state index contributed by atoms with van der Waals surface area (Å²) in [6.07, 6.45) is 4.41. The van der Waals surface area contributed by atoms with Crippen molar-refractivity contribution in [2.75, 3.05) is 5.32 Å². The number of aryl methyl sites for hydroxylation is 1. The lowest BCUT2D eigenvalue weighted by atomic mass is 9.86. The molecule has 0 aromatic heterocycles. The van der Waals surface area contributed by atoms with E-state index < -0.39 is 11.8 Å². The Morgan fingerprint density at radius 2 is 1.81 bits per heavy atom. The van der Waals surface area contributed by atoms with E-state index in [0.717, 1.165) is 30.4 Å². The first-order chi connectivity index (χ1) is 9.99. The molecule has 2 N–H and O–H groups in total. The average Bonchev–Trinajstić information content (AvgIpc) is 2.46. The summed E-state index contributed by atoms with van der Waals surface area (Å²) >= 11 is 0. The van der Waals surface area contributed by atoms with Crippen molar-refractivity contribution < 1.29 is 9.59 Å². The zero-order valence-electron chi connectivity index (χ0n) is 13.0. The maximum Gasteiger partial charge on any atom is 0.313 e. The van der Waals surface area contributed by atoms with E-state index >= 15 is 0 Å². The second kappa shape index (κ2) is 6.74. The first-order valence-corrected chi connectivity index (χ1v) is 7.67. The predicted molar refractivity (Wildman–Crippen MR) is 84.1 cm³/mol. The van der Waals surface area contributed by atoms with Crippen LogP contribution >= 0.6 is 0 Å².